The molecule has 2 aromatic rings. The van der Waals surface area contributed by atoms with Crippen LogP contribution >= 0.6 is 7.92 Å². The highest BCUT2D eigenvalue weighted by atomic mass is 31.1. The molecule has 2 aromatic carbocycles. The smallest absolute Gasteiger partial charge is 0.374 e. The van der Waals surface area contributed by atoms with Crippen molar-refractivity contribution in [3.8, 4) is 0 Å². The molecular weight excluding hydrogens is 359 g/mol. The van der Waals surface area contributed by atoms with Crippen molar-refractivity contribution in [2.75, 3.05) is 19.8 Å². The molecule has 0 saturated carbocycles. The fourth-order valence-corrected chi connectivity index (χ4v) is 9.60. The summed E-state index contributed by atoms with van der Waals surface area (Å²) < 4.78 is 18.3. The average Bonchev–Trinajstić information content (AvgIpc) is 2.64. The van der Waals surface area contributed by atoms with Crippen LogP contribution in [0.1, 0.15) is 27.7 Å². The zero-order chi connectivity index (χ0) is 18.8. The Morgan fingerprint density at radius 2 is 1.12 bits per heavy atom. The lowest BCUT2D eigenvalue weighted by Crippen LogP contribution is -2.48. The van der Waals surface area contributed by atoms with E-state index in [9.17, 15) is 0 Å². The van der Waals surface area contributed by atoms with Crippen molar-refractivity contribution in [2.24, 2.45) is 0 Å². The van der Waals surface area contributed by atoms with Crippen LogP contribution in [0.2, 0.25) is 6.04 Å². The zero-order valence-electron chi connectivity index (χ0n) is 16.4. The summed E-state index contributed by atoms with van der Waals surface area (Å²) >= 11 is 0. The van der Waals surface area contributed by atoms with E-state index in [1.165, 1.54) is 10.6 Å². The Balaban J connectivity index is 2.34. The van der Waals surface area contributed by atoms with Gasteiger partial charge in [-0.25, -0.2) is 0 Å². The van der Waals surface area contributed by atoms with Gasteiger partial charge in [-0.05, 0) is 45.0 Å². The number of rotatable bonds is 11. The Kier molecular flexibility index (Phi) is 8.96. The highest BCUT2D eigenvalue weighted by molar-refractivity contribution is 7.73. The molecule has 0 N–H and O–H groups in total. The van der Waals surface area contributed by atoms with E-state index >= 15 is 0 Å². The minimum atomic E-state index is -2.67. The molecule has 0 aliphatic heterocycles. The second-order valence-electron chi connectivity index (χ2n) is 6.08. The maximum absolute atomic E-state index is 6.11. The molecule has 142 valence electrons. The largest absolute Gasteiger partial charge is 0.501 e. The van der Waals surface area contributed by atoms with E-state index in [0.29, 0.717) is 25.5 Å². The van der Waals surface area contributed by atoms with E-state index in [1.54, 1.807) is 0 Å². The molecule has 5 heteroatoms. The first-order valence-electron chi connectivity index (χ1n) is 9.47. The molecule has 2 rings (SSSR count). The Labute approximate surface area is 160 Å². The Hall–Kier alpha value is -1.03. The van der Waals surface area contributed by atoms with Gasteiger partial charge in [0.15, 0.2) is 0 Å². The van der Waals surface area contributed by atoms with Gasteiger partial charge in [-0.15, -0.1) is 0 Å². The van der Waals surface area contributed by atoms with Crippen molar-refractivity contribution in [3.05, 3.63) is 60.7 Å². The Bertz CT molecular complexity index is 567. The molecule has 3 nitrogen and oxygen atoms in total. The molecule has 0 heterocycles. The molecular formula is C21H31O3PSi. The fourth-order valence-electron chi connectivity index (χ4n) is 3.25. The summed E-state index contributed by atoms with van der Waals surface area (Å²) in [7, 11) is -3.18. The average molecular weight is 391 g/mol. The van der Waals surface area contributed by atoms with E-state index in [-0.39, 0.29) is 0 Å². The van der Waals surface area contributed by atoms with Crippen LogP contribution in [0.3, 0.4) is 0 Å². The van der Waals surface area contributed by atoms with Gasteiger partial charge in [0, 0.05) is 25.9 Å². The van der Waals surface area contributed by atoms with E-state index in [0.717, 1.165) is 6.04 Å². The van der Waals surface area contributed by atoms with Crippen LogP contribution in [0.4, 0.5) is 0 Å². The highest BCUT2D eigenvalue weighted by Crippen LogP contribution is 2.43. The first kappa shape index (κ1) is 21.3. The molecule has 0 saturated heterocycles. The van der Waals surface area contributed by atoms with Crippen molar-refractivity contribution in [1.82, 2.24) is 0 Å². The number of hydrogen-bond acceptors (Lipinski definition) is 3. The van der Waals surface area contributed by atoms with Crippen molar-refractivity contribution < 1.29 is 13.3 Å². The van der Waals surface area contributed by atoms with E-state index in [4.69, 9.17) is 13.3 Å². The van der Waals surface area contributed by atoms with Crippen LogP contribution in [0.15, 0.2) is 60.7 Å². The standard InChI is InChI=1S/C21H31O3PSi/c1-5-22-26(23-6-2,24-7-3)18-19(4)25(20-14-10-8-11-15-20)21-16-12-9-13-17-21/h8-17,19H,5-7,18H2,1-4H3. The van der Waals surface area contributed by atoms with Crippen molar-refractivity contribution in [2.45, 2.75) is 39.4 Å². The topological polar surface area (TPSA) is 27.7 Å². The molecule has 0 spiro atoms. The summed E-state index contributed by atoms with van der Waals surface area (Å²) in [6.45, 7) is 10.2. The molecule has 1 unspecified atom stereocenters. The lowest BCUT2D eigenvalue weighted by atomic mass is 10.4. The quantitative estimate of drug-likeness (QED) is 0.416. The lowest BCUT2D eigenvalue weighted by Gasteiger charge is -2.34. The van der Waals surface area contributed by atoms with Gasteiger partial charge in [0.1, 0.15) is 0 Å². The second-order valence-corrected chi connectivity index (χ2v) is 11.4. The van der Waals surface area contributed by atoms with Gasteiger partial charge < -0.3 is 13.3 Å². The lowest BCUT2D eigenvalue weighted by molar-refractivity contribution is 0.0715. The third-order valence-corrected chi connectivity index (χ3v) is 10.6. The minimum Gasteiger partial charge on any atom is -0.374 e. The van der Waals surface area contributed by atoms with Gasteiger partial charge in [0.05, 0.1) is 0 Å². The summed E-state index contributed by atoms with van der Waals surface area (Å²) in [5.41, 5.74) is 0.395. The third-order valence-electron chi connectivity index (χ3n) is 4.15. The zero-order valence-corrected chi connectivity index (χ0v) is 18.2. The van der Waals surface area contributed by atoms with Crippen LogP contribution in [0, 0.1) is 0 Å². The second kappa shape index (κ2) is 11.0. The van der Waals surface area contributed by atoms with Gasteiger partial charge in [-0.1, -0.05) is 67.6 Å². The number of benzene rings is 2. The van der Waals surface area contributed by atoms with Crippen LogP contribution in [0.25, 0.3) is 0 Å². The SMILES string of the molecule is CCO[Si](CC(C)P(c1ccccc1)c1ccccc1)(OCC)OCC. The summed E-state index contributed by atoms with van der Waals surface area (Å²) in [5.74, 6) is 0. The monoisotopic (exact) mass is 390 g/mol. The van der Waals surface area contributed by atoms with E-state index in [1.807, 2.05) is 20.8 Å². The van der Waals surface area contributed by atoms with Gasteiger partial charge in [-0.3, -0.25) is 0 Å². The molecule has 0 aromatic heterocycles. The van der Waals surface area contributed by atoms with Crippen molar-refractivity contribution >= 4 is 27.3 Å². The van der Waals surface area contributed by atoms with Crippen LogP contribution < -0.4 is 10.6 Å². The summed E-state index contributed by atoms with van der Waals surface area (Å²) in [6.07, 6.45) is 0. The summed E-state index contributed by atoms with van der Waals surface area (Å²) in [5, 5.41) is 2.77. The molecule has 0 aliphatic carbocycles. The molecule has 0 fully saturated rings. The van der Waals surface area contributed by atoms with Gasteiger partial charge in [0.25, 0.3) is 0 Å². The van der Waals surface area contributed by atoms with Gasteiger partial charge in [0.2, 0.25) is 0 Å². The van der Waals surface area contributed by atoms with Crippen molar-refractivity contribution in [1.29, 1.82) is 0 Å². The molecule has 26 heavy (non-hydrogen) atoms. The van der Waals surface area contributed by atoms with Crippen LogP contribution in [-0.4, -0.2) is 34.3 Å². The maximum atomic E-state index is 6.11. The summed E-state index contributed by atoms with van der Waals surface area (Å²) in [4.78, 5) is 0. The fraction of sp³-hybridized carbons (Fsp3) is 0.429. The first-order valence-corrected chi connectivity index (χ1v) is 12.8. The van der Waals surface area contributed by atoms with E-state index < -0.39 is 16.7 Å². The molecule has 0 bridgehead atoms. The molecule has 0 radical (unpaired) electrons. The van der Waals surface area contributed by atoms with Crippen LogP contribution in [-0.2, 0) is 13.3 Å². The highest BCUT2D eigenvalue weighted by Gasteiger charge is 2.43. The van der Waals surface area contributed by atoms with Crippen molar-refractivity contribution in [3.63, 3.8) is 0 Å². The Morgan fingerprint density at radius 3 is 1.46 bits per heavy atom. The first-order chi connectivity index (χ1) is 12.7. The maximum Gasteiger partial charge on any atom is 0.501 e. The van der Waals surface area contributed by atoms with Crippen LogP contribution in [0.5, 0.6) is 0 Å². The number of hydrogen-bond donors (Lipinski definition) is 0. The molecule has 0 aliphatic rings. The minimum absolute atomic E-state index is 0.395. The normalized spacial score (nSPS) is 13.1. The Morgan fingerprint density at radius 1 is 0.731 bits per heavy atom. The summed E-state index contributed by atoms with van der Waals surface area (Å²) in [6, 6.07) is 22.4. The van der Waals surface area contributed by atoms with E-state index in [2.05, 4.69) is 67.6 Å². The molecule has 0 amide bonds. The third kappa shape index (κ3) is 5.73. The molecule has 1 atom stereocenters. The van der Waals surface area contributed by atoms with Gasteiger partial charge >= 0.3 is 8.80 Å². The predicted octanol–water partition coefficient (Wildman–Crippen LogP) is 4.56. The van der Waals surface area contributed by atoms with Gasteiger partial charge in [-0.2, -0.15) is 0 Å². The predicted molar refractivity (Wildman–Crippen MR) is 114 cm³/mol.